The first-order chi connectivity index (χ1) is 19.1. The van der Waals surface area contributed by atoms with Crippen LogP contribution in [0.3, 0.4) is 0 Å². The minimum Gasteiger partial charge on any atom is -0.493 e. The van der Waals surface area contributed by atoms with Crippen LogP contribution in [-0.2, 0) is 11.8 Å². The van der Waals surface area contributed by atoms with Crippen LogP contribution in [-0.4, -0.2) is 49.6 Å². The van der Waals surface area contributed by atoms with Crippen LogP contribution in [0.1, 0.15) is 61.5 Å². The normalized spacial score (nSPS) is 19.5. The van der Waals surface area contributed by atoms with Crippen molar-refractivity contribution in [3.63, 3.8) is 0 Å². The quantitative estimate of drug-likeness (QED) is 0.333. The predicted octanol–water partition coefficient (Wildman–Crippen LogP) is 6.76. The highest BCUT2D eigenvalue weighted by molar-refractivity contribution is 6.07. The molecule has 6 heteroatoms. The highest BCUT2D eigenvalue weighted by atomic mass is 16.5. The highest BCUT2D eigenvalue weighted by Crippen LogP contribution is 2.55. The molecule has 0 saturated heterocycles. The van der Waals surface area contributed by atoms with Crippen LogP contribution in [0.15, 0.2) is 64.6 Å². The lowest BCUT2D eigenvalue weighted by molar-refractivity contribution is 0.0983. The zero-order chi connectivity index (χ0) is 28.2. The monoisotopic (exact) mass is 537 g/mol. The van der Waals surface area contributed by atoms with Crippen molar-refractivity contribution in [2.45, 2.75) is 46.0 Å². The number of amides is 1. The standard InChI is InChI=1S/C34H39N3O3/c1-7-37(25-14-10-21-16-17-39-29(21)18-25)33(38)30-31(26-15-11-23(20-36(5)6)27-19-28(26)27)40-32(35-30)22-8-12-24(13-9-22)34(2,3)4/h8-15,18,27-28H,7,16-17,19-20H2,1-6H3. The van der Waals surface area contributed by atoms with E-state index in [0.29, 0.717) is 42.3 Å². The van der Waals surface area contributed by atoms with E-state index in [-0.39, 0.29) is 11.3 Å². The molecule has 208 valence electrons. The molecule has 3 aliphatic rings. The van der Waals surface area contributed by atoms with Gasteiger partial charge in [0.1, 0.15) is 5.75 Å². The maximum absolute atomic E-state index is 14.2. The first-order valence-electron chi connectivity index (χ1n) is 14.4. The van der Waals surface area contributed by atoms with Gasteiger partial charge in [-0.1, -0.05) is 56.7 Å². The summed E-state index contributed by atoms with van der Waals surface area (Å²) in [5, 5.41) is 0. The Labute approximate surface area is 237 Å². The van der Waals surface area contributed by atoms with Crippen molar-refractivity contribution in [1.29, 1.82) is 0 Å². The second kappa shape index (κ2) is 10.1. The van der Waals surface area contributed by atoms with E-state index in [9.17, 15) is 4.79 Å². The van der Waals surface area contributed by atoms with Crippen molar-refractivity contribution in [2.75, 3.05) is 38.7 Å². The molecule has 2 aliphatic carbocycles. The van der Waals surface area contributed by atoms with Gasteiger partial charge >= 0.3 is 0 Å². The number of nitrogens with zero attached hydrogens (tertiary/aromatic N) is 3. The van der Waals surface area contributed by atoms with Gasteiger partial charge in [0.25, 0.3) is 5.91 Å². The smallest absolute Gasteiger partial charge is 0.280 e. The van der Waals surface area contributed by atoms with Crippen LogP contribution in [0, 0.1) is 11.8 Å². The Morgan fingerprint density at radius 2 is 1.82 bits per heavy atom. The van der Waals surface area contributed by atoms with E-state index in [1.807, 2.05) is 31.2 Å². The summed E-state index contributed by atoms with van der Waals surface area (Å²) in [6.45, 7) is 10.7. The molecule has 1 saturated carbocycles. The summed E-state index contributed by atoms with van der Waals surface area (Å²) < 4.78 is 12.3. The predicted molar refractivity (Wildman–Crippen MR) is 160 cm³/mol. The molecular weight excluding hydrogens is 498 g/mol. The molecule has 2 heterocycles. The van der Waals surface area contributed by atoms with Gasteiger partial charge in [-0.3, -0.25) is 4.79 Å². The molecule has 1 amide bonds. The molecule has 40 heavy (non-hydrogen) atoms. The number of rotatable bonds is 7. The number of allylic oxidation sites excluding steroid dienone is 3. The van der Waals surface area contributed by atoms with E-state index in [1.54, 1.807) is 4.90 Å². The number of fused-ring (bicyclic) bond motifs is 2. The maximum Gasteiger partial charge on any atom is 0.280 e. The number of hydrogen-bond donors (Lipinski definition) is 0. The summed E-state index contributed by atoms with van der Waals surface area (Å²) in [4.78, 5) is 23.1. The molecule has 2 atom stereocenters. The fraction of sp³-hybridized carbons (Fsp3) is 0.412. The fourth-order valence-corrected chi connectivity index (χ4v) is 5.96. The summed E-state index contributed by atoms with van der Waals surface area (Å²) in [6, 6.07) is 14.4. The molecule has 1 aliphatic heterocycles. The Hall–Kier alpha value is -3.64. The Kier molecular flexibility index (Phi) is 6.70. The Balaban J connectivity index is 1.41. The molecule has 0 bridgehead atoms. The topological polar surface area (TPSA) is 58.8 Å². The van der Waals surface area contributed by atoms with Crippen LogP contribution >= 0.6 is 0 Å². The lowest BCUT2D eigenvalue weighted by Crippen LogP contribution is -2.31. The second-order valence-electron chi connectivity index (χ2n) is 12.5. The van der Waals surface area contributed by atoms with Crippen LogP contribution in [0.2, 0.25) is 0 Å². The van der Waals surface area contributed by atoms with Gasteiger partial charge in [-0.2, -0.15) is 0 Å². The third-order valence-corrected chi connectivity index (χ3v) is 8.28. The van der Waals surface area contributed by atoms with Crippen molar-refractivity contribution < 1.29 is 13.9 Å². The molecule has 1 aromatic heterocycles. The van der Waals surface area contributed by atoms with Crippen molar-refractivity contribution in [1.82, 2.24) is 9.88 Å². The minimum absolute atomic E-state index is 0.0487. The number of ether oxygens (including phenoxy) is 1. The molecule has 6 rings (SSSR count). The van der Waals surface area contributed by atoms with Gasteiger partial charge in [0.15, 0.2) is 11.5 Å². The molecule has 0 radical (unpaired) electrons. The van der Waals surface area contributed by atoms with Crippen LogP contribution in [0.5, 0.6) is 5.75 Å². The number of aromatic nitrogens is 1. The Morgan fingerprint density at radius 1 is 1.05 bits per heavy atom. The van der Waals surface area contributed by atoms with Crippen LogP contribution in [0.4, 0.5) is 5.69 Å². The lowest BCUT2D eigenvalue weighted by atomic mass is 9.87. The largest absolute Gasteiger partial charge is 0.493 e. The van der Waals surface area contributed by atoms with Gasteiger partial charge in [-0.15, -0.1) is 0 Å². The molecule has 6 nitrogen and oxygen atoms in total. The Bertz CT molecular complexity index is 1500. The van der Waals surface area contributed by atoms with E-state index in [0.717, 1.165) is 42.0 Å². The molecular formula is C34H39N3O3. The molecule has 2 unspecified atom stereocenters. The number of carbonyl (C=O) groups excluding carboxylic acids is 1. The summed E-state index contributed by atoms with van der Waals surface area (Å²) >= 11 is 0. The zero-order valence-electron chi connectivity index (χ0n) is 24.5. The minimum atomic E-state index is -0.155. The summed E-state index contributed by atoms with van der Waals surface area (Å²) in [5.74, 6) is 2.65. The van der Waals surface area contributed by atoms with Gasteiger partial charge in [0.2, 0.25) is 5.89 Å². The highest BCUT2D eigenvalue weighted by Gasteiger charge is 2.46. The third kappa shape index (κ3) is 4.90. The molecule has 1 fully saturated rings. The fourth-order valence-electron chi connectivity index (χ4n) is 5.96. The van der Waals surface area contributed by atoms with Crippen LogP contribution < -0.4 is 9.64 Å². The van der Waals surface area contributed by atoms with Crippen LogP contribution in [0.25, 0.3) is 17.0 Å². The van der Waals surface area contributed by atoms with Gasteiger partial charge in [-0.05, 0) is 74.0 Å². The maximum atomic E-state index is 14.2. The van der Waals surface area contributed by atoms with Crippen molar-refractivity contribution in [2.24, 2.45) is 11.8 Å². The number of carbonyl (C=O) groups is 1. The molecule has 2 aromatic carbocycles. The van der Waals surface area contributed by atoms with E-state index in [4.69, 9.17) is 14.1 Å². The summed E-state index contributed by atoms with van der Waals surface area (Å²) in [7, 11) is 4.20. The van der Waals surface area contributed by atoms with E-state index in [2.05, 4.69) is 70.1 Å². The van der Waals surface area contributed by atoms with E-state index < -0.39 is 0 Å². The molecule has 0 N–H and O–H groups in total. The van der Waals surface area contributed by atoms with Crippen molar-refractivity contribution in [3.8, 4) is 17.2 Å². The first kappa shape index (κ1) is 26.6. The first-order valence-corrected chi connectivity index (χ1v) is 14.4. The average molecular weight is 538 g/mol. The average Bonchev–Trinajstić information content (AvgIpc) is 3.39. The van der Waals surface area contributed by atoms with Gasteiger partial charge in [-0.25, -0.2) is 4.98 Å². The molecule has 0 spiro atoms. The lowest BCUT2D eigenvalue weighted by Gasteiger charge is -2.21. The van der Waals surface area contributed by atoms with E-state index >= 15 is 0 Å². The number of anilines is 1. The summed E-state index contributed by atoms with van der Waals surface area (Å²) in [6.07, 6.45) is 6.35. The number of oxazole rings is 1. The second-order valence-corrected chi connectivity index (χ2v) is 12.5. The number of hydrogen-bond acceptors (Lipinski definition) is 5. The van der Waals surface area contributed by atoms with Gasteiger partial charge in [0.05, 0.1) is 6.61 Å². The number of likely N-dealkylation sites (N-methyl/N-ethyl adjacent to an activating group) is 1. The van der Waals surface area contributed by atoms with Gasteiger partial charge in [0, 0.05) is 42.4 Å². The third-order valence-electron chi connectivity index (χ3n) is 8.28. The molecule has 3 aromatic rings. The Morgan fingerprint density at radius 3 is 2.52 bits per heavy atom. The zero-order valence-corrected chi connectivity index (χ0v) is 24.5. The van der Waals surface area contributed by atoms with Crippen molar-refractivity contribution in [3.05, 3.63) is 82.8 Å². The SMILES string of the molecule is CCN(C(=O)c1nc(-c2ccc(C(C)(C)C)cc2)oc1C1=CC=C(CN(C)C)C2CC12)c1ccc2c(c1)OCC2. The number of benzene rings is 2. The van der Waals surface area contributed by atoms with Gasteiger partial charge < -0.3 is 19.0 Å². The summed E-state index contributed by atoms with van der Waals surface area (Å²) in [5.41, 5.74) is 7.05. The van der Waals surface area contributed by atoms with E-state index in [1.165, 1.54) is 16.7 Å². The van der Waals surface area contributed by atoms with Crippen molar-refractivity contribution >= 4 is 17.2 Å².